The van der Waals surface area contributed by atoms with Gasteiger partial charge in [0.1, 0.15) is 15.6 Å². The smallest absolute Gasteiger partial charge is 0.296 e. The van der Waals surface area contributed by atoms with E-state index in [1.807, 2.05) is 0 Å². The molecule has 5 rings (SSSR count). The minimum atomic E-state index is -5.01. The fourth-order valence-electron chi connectivity index (χ4n) is 4.54. The summed E-state index contributed by atoms with van der Waals surface area (Å²) in [5.74, 6) is -1.27. The van der Waals surface area contributed by atoms with E-state index >= 15 is 0 Å². The van der Waals surface area contributed by atoms with Gasteiger partial charge in [-0.15, -0.1) is 0 Å². The molecule has 1 heterocycles. The van der Waals surface area contributed by atoms with Crippen LogP contribution in [-0.4, -0.2) is 52.5 Å². The molecule has 0 radical (unpaired) electrons. The van der Waals surface area contributed by atoms with Crippen molar-refractivity contribution < 1.29 is 35.5 Å². The number of halogens is 1. The number of nitrogens with zero attached hydrogens (tertiary/aromatic N) is 3. The van der Waals surface area contributed by atoms with Crippen molar-refractivity contribution >= 4 is 72.1 Å². The van der Waals surface area contributed by atoms with Gasteiger partial charge < -0.3 is 16.4 Å². The third-order valence-electron chi connectivity index (χ3n) is 6.36. The Balaban J connectivity index is 1.74. The number of ketones is 2. The molecule has 0 aliphatic heterocycles. The lowest BCUT2D eigenvalue weighted by molar-refractivity contribution is 0.0980. The summed E-state index contributed by atoms with van der Waals surface area (Å²) in [6, 6.07) is 9.02. The van der Waals surface area contributed by atoms with E-state index < -0.39 is 52.8 Å². The van der Waals surface area contributed by atoms with Crippen LogP contribution >= 0.6 is 11.6 Å². The van der Waals surface area contributed by atoms with Crippen molar-refractivity contribution in [3.63, 3.8) is 0 Å². The molecule has 0 spiro atoms. The van der Waals surface area contributed by atoms with E-state index in [0.29, 0.717) is 0 Å². The van der Waals surface area contributed by atoms with Crippen molar-refractivity contribution in [2.75, 3.05) is 16.4 Å². The fraction of sp³-hybridized carbons (Fsp3) is 0.0800. The number of fused-ring (bicyclic) bond motifs is 2. The molecule has 0 unspecified atom stereocenters. The lowest BCUT2D eigenvalue weighted by Gasteiger charge is -2.24. The Bertz CT molecular complexity index is 2060. The standard InChI is InChI=1S/C25H19ClN6O8S2/c1-10-15(31-25-29-11(2)28-24(26)32-25)7-12(8-17(10)41(35,36)37)30-16-9-18(42(38,39)40)21(27)20-19(16)22(33)13-5-3-4-6-14(13)23(20)34/h3-9,30H,27H2,1-2H3,(H,35,36,37)(H,38,39,40)(H,28,29,31,32). The quantitative estimate of drug-likeness (QED) is 0.133. The van der Waals surface area contributed by atoms with Gasteiger partial charge in [0.15, 0.2) is 11.6 Å². The van der Waals surface area contributed by atoms with Gasteiger partial charge in [0.25, 0.3) is 20.2 Å². The van der Waals surface area contributed by atoms with E-state index in [2.05, 4.69) is 25.6 Å². The molecule has 6 N–H and O–H groups in total. The molecule has 14 nitrogen and oxygen atoms in total. The molecule has 17 heteroatoms. The molecular formula is C25H19ClN6O8S2. The van der Waals surface area contributed by atoms with Crippen LogP contribution in [0.25, 0.3) is 0 Å². The summed E-state index contributed by atoms with van der Waals surface area (Å²) < 4.78 is 68.8. The van der Waals surface area contributed by atoms with Crippen LogP contribution in [0.4, 0.5) is 28.7 Å². The van der Waals surface area contributed by atoms with Crippen molar-refractivity contribution in [2.24, 2.45) is 0 Å². The van der Waals surface area contributed by atoms with Gasteiger partial charge in [0, 0.05) is 22.5 Å². The number of benzene rings is 3. The number of rotatable bonds is 6. The summed E-state index contributed by atoms with van der Waals surface area (Å²) in [6.07, 6.45) is 0. The molecule has 1 aliphatic rings. The first kappa shape index (κ1) is 29.0. The highest BCUT2D eigenvalue weighted by Gasteiger charge is 2.36. The van der Waals surface area contributed by atoms with Gasteiger partial charge in [-0.25, -0.2) is 4.98 Å². The zero-order valence-corrected chi connectivity index (χ0v) is 23.9. The minimum absolute atomic E-state index is 0.0176. The second kappa shape index (κ2) is 10.1. The predicted octanol–water partition coefficient (Wildman–Crippen LogP) is 3.48. The first-order valence-electron chi connectivity index (χ1n) is 11.7. The summed E-state index contributed by atoms with van der Waals surface area (Å²) >= 11 is 5.90. The number of aryl methyl sites for hydroxylation is 1. The number of aromatic nitrogens is 3. The molecule has 4 aromatic rings. The highest BCUT2D eigenvalue weighted by Crippen LogP contribution is 2.41. The van der Waals surface area contributed by atoms with Crippen LogP contribution in [0.3, 0.4) is 0 Å². The number of carbonyl (C=O) groups excluding carboxylic acids is 2. The lowest BCUT2D eigenvalue weighted by Crippen LogP contribution is -2.25. The van der Waals surface area contributed by atoms with Crippen LogP contribution < -0.4 is 16.4 Å². The van der Waals surface area contributed by atoms with Crippen molar-refractivity contribution in [2.45, 2.75) is 23.6 Å². The second-order valence-electron chi connectivity index (χ2n) is 9.11. The number of hydrogen-bond donors (Lipinski definition) is 5. The summed E-state index contributed by atoms with van der Waals surface area (Å²) in [7, 11) is -9.84. The van der Waals surface area contributed by atoms with E-state index in [4.69, 9.17) is 17.3 Å². The molecule has 0 saturated heterocycles. The Morgan fingerprint density at radius 3 is 1.95 bits per heavy atom. The van der Waals surface area contributed by atoms with E-state index in [1.54, 1.807) is 6.92 Å². The van der Waals surface area contributed by atoms with Crippen molar-refractivity contribution in [3.05, 3.63) is 81.4 Å². The predicted molar refractivity (Wildman–Crippen MR) is 151 cm³/mol. The average molecular weight is 631 g/mol. The lowest BCUT2D eigenvalue weighted by atomic mass is 9.82. The Labute approximate surface area is 243 Å². The first-order chi connectivity index (χ1) is 19.6. The molecule has 3 aromatic carbocycles. The molecule has 0 fully saturated rings. The second-order valence-corrected chi connectivity index (χ2v) is 12.2. The SMILES string of the molecule is Cc1nc(Cl)nc(Nc2cc(Nc3cc(S(=O)(=O)O)c(N)c4c3C(=O)c3ccccc3C4=O)cc(S(=O)(=O)O)c2C)n1. The van der Waals surface area contributed by atoms with Gasteiger partial charge >= 0.3 is 0 Å². The third-order valence-corrected chi connectivity index (χ3v) is 8.40. The maximum atomic E-state index is 13.6. The van der Waals surface area contributed by atoms with Crippen LogP contribution in [0.5, 0.6) is 0 Å². The molecule has 42 heavy (non-hydrogen) atoms. The zero-order valence-electron chi connectivity index (χ0n) is 21.5. The fourth-order valence-corrected chi connectivity index (χ4v) is 6.17. The van der Waals surface area contributed by atoms with Gasteiger partial charge in [-0.2, -0.15) is 26.8 Å². The maximum Gasteiger partial charge on any atom is 0.296 e. The van der Waals surface area contributed by atoms with Crippen molar-refractivity contribution in [1.29, 1.82) is 0 Å². The number of nitrogens with one attached hydrogen (secondary N) is 2. The van der Waals surface area contributed by atoms with Gasteiger partial charge in [0.05, 0.1) is 22.5 Å². The molecule has 1 aliphatic carbocycles. The maximum absolute atomic E-state index is 13.6. The molecule has 1 aromatic heterocycles. The largest absolute Gasteiger partial charge is 0.397 e. The molecule has 0 atom stereocenters. The van der Waals surface area contributed by atoms with E-state index in [9.17, 15) is 35.5 Å². The zero-order chi connectivity index (χ0) is 30.7. The van der Waals surface area contributed by atoms with E-state index in [1.165, 1.54) is 37.3 Å². The highest BCUT2D eigenvalue weighted by atomic mass is 35.5. The molecule has 216 valence electrons. The van der Waals surface area contributed by atoms with Crippen molar-refractivity contribution in [1.82, 2.24) is 15.0 Å². The Morgan fingerprint density at radius 1 is 0.786 bits per heavy atom. The molecule has 0 bridgehead atoms. The highest BCUT2D eigenvalue weighted by molar-refractivity contribution is 7.86. The van der Waals surface area contributed by atoms with E-state index in [0.717, 1.165) is 12.1 Å². The minimum Gasteiger partial charge on any atom is -0.397 e. The Morgan fingerprint density at radius 2 is 1.38 bits per heavy atom. The number of carbonyl (C=O) groups is 2. The van der Waals surface area contributed by atoms with Gasteiger partial charge in [-0.1, -0.05) is 24.3 Å². The van der Waals surface area contributed by atoms with Gasteiger partial charge in [-0.05, 0) is 49.2 Å². The van der Waals surface area contributed by atoms with Crippen LogP contribution in [0.2, 0.25) is 5.28 Å². The summed E-state index contributed by atoms with van der Waals surface area (Å²) in [4.78, 5) is 37.4. The third kappa shape index (κ3) is 5.17. The summed E-state index contributed by atoms with van der Waals surface area (Å²) in [5, 5.41) is 5.38. The van der Waals surface area contributed by atoms with Gasteiger partial charge in [0.2, 0.25) is 11.2 Å². The van der Waals surface area contributed by atoms with Crippen molar-refractivity contribution in [3.8, 4) is 0 Å². The average Bonchev–Trinajstić information content (AvgIpc) is 2.88. The number of hydrogen-bond acceptors (Lipinski definition) is 12. The van der Waals surface area contributed by atoms with Crippen LogP contribution in [-0.2, 0) is 20.2 Å². The topological polar surface area (TPSA) is 232 Å². The Kier molecular flexibility index (Phi) is 6.99. The monoisotopic (exact) mass is 630 g/mol. The van der Waals surface area contributed by atoms with Crippen LogP contribution in [0, 0.1) is 13.8 Å². The number of nitrogens with two attached hydrogens (primary N) is 1. The first-order valence-corrected chi connectivity index (χ1v) is 15.0. The van der Waals surface area contributed by atoms with E-state index in [-0.39, 0.29) is 56.4 Å². The molecular weight excluding hydrogens is 612 g/mol. The van der Waals surface area contributed by atoms with Gasteiger partial charge in [-0.3, -0.25) is 18.7 Å². The molecule has 0 saturated carbocycles. The number of nitrogen functional groups attached to an aromatic ring is 1. The Hall–Kier alpha value is -4.48. The normalized spacial score (nSPS) is 13.0. The molecule has 0 amide bonds. The summed E-state index contributed by atoms with van der Waals surface area (Å²) in [5.41, 5.74) is 4.28. The van der Waals surface area contributed by atoms with Crippen LogP contribution in [0.1, 0.15) is 43.2 Å². The number of anilines is 5. The van der Waals surface area contributed by atoms with Crippen LogP contribution in [0.15, 0.2) is 52.3 Å². The summed E-state index contributed by atoms with van der Waals surface area (Å²) in [6.45, 7) is 2.92.